The number of carbonyl (C=O) groups excluding carboxylic acids is 2. The molecule has 26 heavy (non-hydrogen) atoms. The van der Waals surface area contributed by atoms with Crippen molar-refractivity contribution in [3.63, 3.8) is 0 Å². The van der Waals surface area contributed by atoms with E-state index in [-0.39, 0.29) is 30.0 Å². The number of anilines is 1. The van der Waals surface area contributed by atoms with Gasteiger partial charge in [-0.1, -0.05) is 25.1 Å². The monoisotopic (exact) mass is 358 g/mol. The van der Waals surface area contributed by atoms with E-state index >= 15 is 0 Å². The molecule has 0 aliphatic heterocycles. The quantitative estimate of drug-likeness (QED) is 0.795. The van der Waals surface area contributed by atoms with E-state index in [4.69, 9.17) is 4.74 Å². The average molecular weight is 358 g/mol. The highest BCUT2D eigenvalue weighted by molar-refractivity contribution is 6.04. The molecule has 2 aromatic rings. The second-order valence-electron chi connectivity index (χ2n) is 6.02. The minimum absolute atomic E-state index is 0.0117. The van der Waals surface area contributed by atoms with Gasteiger partial charge in [0.1, 0.15) is 0 Å². The lowest BCUT2D eigenvalue weighted by Gasteiger charge is -2.14. The van der Waals surface area contributed by atoms with Crippen LogP contribution >= 0.6 is 0 Å². The molecule has 0 radical (unpaired) electrons. The van der Waals surface area contributed by atoms with Gasteiger partial charge in [0.2, 0.25) is 5.91 Å². The Labute approximate surface area is 152 Å². The summed E-state index contributed by atoms with van der Waals surface area (Å²) in [7, 11) is 1.38. The SMILES string of the molecule is CCC(C)NC(=O)c1ccccc1NC(=O)Cc1ccc(OC)c(F)c1. The minimum Gasteiger partial charge on any atom is -0.494 e. The Bertz CT molecular complexity index is 792. The maximum atomic E-state index is 13.7. The Balaban J connectivity index is 2.09. The van der Waals surface area contributed by atoms with Crippen LogP contribution in [0.15, 0.2) is 42.5 Å². The van der Waals surface area contributed by atoms with Crippen LogP contribution in [0.25, 0.3) is 0 Å². The maximum absolute atomic E-state index is 13.7. The molecule has 0 spiro atoms. The van der Waals surface area contributed by atoms with Crippen LogP contribution in [0.5, 0.6) is 5.75 Å². The van der Waals surface area contributed by atoms with Crippen LogP contribution in [0.3, 0.4) is 0 Å². The first-order valence-electron chi connectivity index (χ1n) is 8.46. The van der Waals surface area contributed by atoms with Gasteiger partial charge in [0.25, 0.3) is 5.91 Å². The van der Waals surface area contributed by atoms with E-state index in [0.717, 1.165) is 6.42 Å². The van der Waals surface area contributed by atoms with Crippen LogP contribution < -0.4 is 15.4 Å². The van der Waals surface area contributed by atoms with Crippen molar-refractivity contribution in [1.82, 2.24) is 5.32 Å². The molecular formula is C20H23FN2O3. The molecule has 138 valence electrons. The van der Waals surface area contributed by atoms with Crippen LogP contribution in [-0.4, -0.2) is 25.0 Å². The Kier molecular flexibility index (Phi) is 6.72. The summed E-state index contributed by atoms with van der Waals surface area (Å²) in [4.78, 5) is 24.7. The summed E-state index contributed by atoms with van der Waals surface area (Å²) in [5.74, 6) is -0.976. The standard InChI is InChI=1S/C20H23FN2O3/c1-4-13(2)22-20(25)15-7-5-6-8-17(15)23-19(24)12-14-9-10-18(26-3)16(21)11-14/h5-11,13H,4,12H2,1-3H3,(H,22,25)(H,23,24). The summed E-state index contributed by atoms with van der Waals surface area (Å²) in [5.41, 5.74) is 1.33. The molecule has 0 fully saturated rings. The molecule has 0 aliphatic rings. The summed E-state index contributed by atoms with van der Waals surface area (Å²) >= 11 is 0. The molecule has 2 rings (SSSR count). The van der Waals surface area contributed by atoms with Crippen molar-refractivity contribution >= 4 is 17.5 Å². The van der Waals surface area contributed by atoms with Gasteiger partial charge in [-0.3, -0.25) is 9.59 Å². The average Bonchev–Trinajstić information content (AvgIpc) is 2.62. The van der Waals surface area contributed by atoms with Crippen molar-refractivity contribution in [3.05, 3.63) is 59.4 Å². The fourth-order valence-electron chi connectivity index (χ4n) is 2.39. The van der Waals surface area contributed by atoms with Crippen LogP contribution in [0.1, 0.15) is 36.2 Å². The molecule has 0 saturated carbocycles. The summed E-state index contributed by atoms with van der Waals surface area (Å²) in [6.07, 6.45) is 0.797. The third kappa shape index (κ3) is 5.05. The fraction of sp³-hybridized carbons (Fsp3) is 0.300. The molecule has 1 unspecified atom stereocenters. The highest BCUT2D eigenvalue weighted by Crippen LogP contribution is 2.19. The highest BCUT2D eigenvalue weighted by Gasteiger charge is 2.15. The van der Waals surface area contributed by atoms with Gasteiger partial charge < -0.3 is 15.4 Å². The number of halogens is 1. The van der Waals surface area contributed by atoms with E-state index in [2.05, 4.69) is 10.6 Å². The molecule has 1 atom stereocenters. The zero-order chi connectivity index (χ0) is 19.1. The number of benzene rings is 2. The third-order valence-corrected chi connectivity index (χ3v) is 4.02. The van der Waals surface area contributed by atoms with Crippen molar-refractivity contribution < 1.29 is 18.7 Å². The predicted octanol–water partition coefficient (Wildman–Crippen LogP) is 3.54. The van der Waals surface area contributed by atoms with Gasteiger partial charge in [-0.15, -0.1) is 0 Å². The lowest BCUT2D eigenvalue weighted by Crippen LogP contribution is -2.32. The van der Waals surface area contributed by atoms with E-state index in [1.807, 2.05) is 13.8 Å². The van der Waals surface area contributed by atoms with Crippen LogP contribution in [0, 0.1) is 5.82 Å². The van der Waals surface area contributed by atoms with Gasteiger partial charge in [-0.2, -0.15) is 0 Å². The van der Waals surface area contributed by atoms with Gasteiger partial charge >= 0.3 is 0 Å². The number of rotatable bonds is 7. The summed E-state index contributed by atoms with van der Waals surface area (Å²) in [6.45, 7) is 3.89. The lowest BCUT2D eigenvalue weighted by atomic mass is 10.1. The normalized spacial score (nSPS) is 11.5. The predicted molar refractivity (Wildman–Crippen MR) is 98.9 cm³/mol. The van der Waals surface area contributed by atoms with E-state index < -0.39 is 5.82 Å². The largest absolute Gasteiger partial charge is 0.494 e. The Morgan fingerprint density at radius 1 is 1.19 bits per heavy atom. The molecule has 0 aliphatic carbocycles. The molecule has 2 aromatic carbocycles. The molecule has 0 heterocycles. The second-order valence-corrected chi connectivity index (χ2v) is 6.02. The number of ether oxygens (including phenoxy) is 1. The Hall–Kier alpha value is -2.89. The molecule has 0 bridgehead atoms. The number of hydrogen-bond acceptors (Lipinski definition) is 3. The van der Waals surface area contributed by atoms with Gasteiger partial charge in [0, 0.05) is 6.04 Å². The molecule has 0 aromatic heterocycles. The van der Waals surface area contributed by atoms with Crippen molar-refractivity contribution in [1.29, 1.82) is 0 Å². The molecule has 2 N–H and O–H groups in total. The fourth-order valence-corrected chi connectivity index (χ4v) is 2.39. The lowest BCUT2D eigenvalue weighted by molar-refractivity contribution is -0.115. The van der Waals surface area contributed by atoms with Crippen molar-refractivity contribution in [2.45, 2.75) is 32.7 Å². The molecule has 2 amide bonds. The zero-order valence-electron chi connectivity index (χ0n) is 15.1. The van der Waals surface area contributed by atoms with E-state index in [9.17, 15) is 14.0 Å². The van der Waals surface area contributed by atoms with Gasteiger partial charge in [-0.05, 0) is 43.2 Å². The maximum Gasteiger partial charge on any atom is 0.253 e. The second kappa shape index (κ2) is 8.99. The van der Waals surface area contributed by atoms with Gasteiger partial charge in [0.05, 0.1) is 24.8 Å². The summed E-state index contributed by atoms with van der Waals surface area (Å²) in [5, 5.41) is 5.60. The van der Waals surface area contributed by atoms with Crippen LogP contribution in [0.2, 0.25) is 0 Å². The number of hydrogen-bond donors (Lipinski definition) is 2. The van der Waals surface area contributed by atoms with E-state index in [0.29, 0.717) is 16.8 Å². The first-order valence-corrected chi connectivity index (χ1v) is 8.46. The van der Waals surface area contributed by atoms with E-state index in [1.165, 1.54) is 19.2 Å². The topological polar surface area (TPSA) is 67.4 Å². The molecule has 0 saturated heterocycles. The van der Waals surface area contributed by atoms with Crippen molar-refractivity contribution in [2.75, 3.05) is 12.4 Å². The van der Waals surface area contributed by atoms with E-state index in [1.54, 1.807) is 30.3 Å². The van der Waals surface area contributed by atoms with Crippen LogP contribution in [-0.2, 0) is 11.2 Å². The first kappa shape index (κ1) is 19.4. The Morgan fingerprint density at radius 2 is 1.92 bits per heavy atom. The number of carbonyl (C=O) groups is 2. The molecular weight excluding hydrogens is 335 g/mol. The van der Waals surface area contributed by atoms with Gasteiger partial charge in [0.15, 0.2) is 11.6 Å². The highest BCUT2D eigenvalue weighted by atomic mass is 19.1. The zero-order valence-corrected chi connectivity index (χ0v) is 15.1. The summed E-state index contributed by atoms with van der Waals surface area (Å²) < 4.78 is 18.6. The molecule has 5 nitrogen and oxygen atoms in total. The number of amides is 2. The Morgan fingerprint density at radius 3 is 2.58 bits per heavy atom. The van der Waals surface area contributed by atoms with Crippen molar-refractivity contribution in [3.8, 4) is 5.75 Å². The molecule has 6 heteroatoms. The van der Waals surface area contributed by atoms with Crippen molar-refractivity contribution in [2.24, 2.45) is 0 Å². The third-order valence-electron chi connectivity index (χ3n) is 4.02. The minimum atomic E-state index is -0.522. The number of nitrogens with one attached hydrogen (secondary N) is 2. The summed E-state index contributed by atoms with van der Waals surface area (Å²) in [6, 6.07) is 11.2. The number of methoxy groups -OCH3 is 1. The van der Waals surface area contributed by atoms with Crippen LogP contribution in [0.4, 0.5) is 10.1 Å². The first-order chi connectivity index (χ1) is 12.4. The number of para-hydroxylation sites is 1. The smallest absolute Gasteiger partial charge is 0.253 e. The van der Waals surface area contributed by atoms with Gasteiger partial charge in [-0.25, -0.2) is 4.39 Å².